The zero-order valence-corrected chi connectivity index (χ0v) is 17.5. The minimum absolute atomic E-state index is 0.0581. The van der Waals surface area contributed by atoms with Crippen LogP contribution in [0, 0.1) is 17.0 Å². The minimum Gasteiger partial charge on any atom is -0.459 e. The molecule has 2 heterocycles. The molecule has 6 heteroatoms. The Labute approximate surface area is 185 Å². The first-order chi connectivity index (χ1) is 15.6. The normalized spacial score (nSPS) is 15.6. The molecule has 0 spiro atoms. The number of para-hydroxylation sites is 1. The van der Waals surface area contributed by atoms with E-state index in [0.717, 1.165) is 28.3 Å². The van der Waals surface area contributed by atoms with Gasteiger partial charge in [-0.1, -0.05) is 48.0 Å². The van der Waals surface area contributed by atoms with E-state index in [2.05, 4.69) is 31.2 Å². The molecule has 1 aliphatic rings. The number of non-ortho nitro benzene ring substituents is 1. The summed E-state index contributed by atoms with van der Waals surface area (Å²) < 4.78 is 6.22. The fraction of sp³-hybridized carbons (Fsp3) is 0.115. The highest BCUT2D eigenvalue weighted by Gasteiger charge is 2.32. The molecule has 3 aromatic carbocycles. The standard InChI is InChI=1S/C26H21N3O3/c1-18-7-9-19(10-8-18)23-17-24(28(27-23)21-5-3-2-4-6-21)26-16-15-25(32-26)20-11-13-22(14-12-20)29(30)31/h2-16,24H,17H2,1H3. The van der Waals surface area contributed by atoms with Crippen LogP contribution in [-0.2, 0) is 0 Å². The van der Waals surface area contributed by atoms with Crippen LogP contribution in [0.1, 0.15) is 29.3 Å². The number of hydrogen-bond donors (Lipinski definition) is 0. The topological polar surface area (TPSA) is 71.9 Å². The third-order valence-corrected chi connectivity index (χ3v) is 5.63. The number of rotatable bonds is 5. The van der Waals surface area contributed by atoms with Crippen molar-refractivity contribution in [3.63, 3.8) is 0 Å². The second-order valence-corrected chi connectivity index (χ2v) is 7.82. The van der Waals surface area contributed by atoms with E-state index in [9.17, 15) is 10.1 Å². The Morgan fingerprint density at radius 1 is 0.906 bits per heavy atom. The van der Waals surface area contributed by atoms with Crippen molar-refractivity contribution < 1.29 is 9.34 Å². The predicted octanol–water partition coefficient (Wildman–Crippen LogP) is 6.52. The smallest absolute Gasteiger partial charge is 0.269 e. The number of nitrogens with zero attached hydrogens (tertiary/aromatic N) is 3. The summed E-state index contributed by atoms with van der Waals surface area (Å²) in [5.41, 5.74) is 5.16. The number of furan rings is 1. The Morgan fingerprint density at radius 3 is 2.28 bits per heavy atom. The summed E-state index contributed by atoms with van der Waals surface area (Å²) in [6.07, 6.45) is 0.713. The van der Waals surface area contributed by atoms with Crippen LogP contribution in [0.2, 0.25) is 0 Å². The summed E-state index contributed by atoms with van der Waals surface area (Å²) in [4.78, 5) is 10.5. The van der Waals surface area contributed by atoms with Gasteiger partial charge in [-0.25, -0.2) is 0 Å². The molecule has 0 saturated heterocycles. The fourth-order valence-corrected chi connectivity index (χ4v) is 3.91. The molecule has 0 saturated carbocycles. The molecule has 0 bridgehead atoms. The molecule has 0 aliphatic carbocycles. The van der Waals surface area contributed by atoms with E-state index in [-0.39, 0.29) is 11.7 Å². The molecule has 158 valence electrons. The highest BCUT2D eigenvalue weighted by molar-refractivity contribution is 6.03. The third-order valence-electron chi connectivity index (χ3n) is 5.63. The molecular formula is C26H21N3O3. The summed E-state index contributed by atoms with van der Waals surface area (Å²) in [7, 11) is 0. The Morgan fingerprint density at radius 2 is 1.59 bits per heavy atom. The van der Waals surface area contributed by atoms with Crippen molar-refractivity contribution >= 4 is 17.1 Å². The van der Waals surface area contributed by atoms with Gasteiger partial charge < -0.3 is 4.42 Å². The fourth-order valence-electron chi connectivity index (χ4n) is 3.91. The third kappa shape index (κ3) is 3.78. The molecule has 4 aromatic rings. The van der Waals surface area contributed by atoms with Crippen LogP contribution in [0.15, 0.2) is 101 Å². The molecule has 32 heavy (non-hydrogen) atoms. The van der Waals surface area contributed by atoms with Crippen LogP contribution < -0.4 is 5.01 Å². The number of nitro benzene ring substituents is 1. The van der Waals surface area contributed by atoms with Gasteiger partial charge in [0, 0.05) is 24.1 Å². The molecule has 0 fully saturated rings. The predicted molar refractivity (Wildman–Crippen MR) is 125 cm³/mol. The molecule has 0 N–H and O–H groups in total. The van der Waals surface area contributed by atoms with Crippen LogP contribution in [0.25, 0.3) is 11.3 Å². The second kappa shape index (κ2) is 8.15. The average Bonchev–Trinajstić information content (AvgIpc) is 3.48. The maximum absolute atomic E-state index is 10.9. The SMILES string of the molecule is Cc1ccc(C2=NN(c3ccccc3)C(c3ccc(-c4ccc([N+](=O)[O-])cc4)o3)C2)cc1. The lowest BCUT2D eigenvalue weighted by Gasteiger charge is -2.21. The van der Waals surface area contributed by atoms with Crippen LogP contribution in [0.5, 0.6) is 0 Å². The minimum atomic E-state index is -0.405. The van der Waals surface area contributed by atoms with Gasteiger partial charge in [-0.05, 0) is 48.9 Å². The van der Waals surface area contributed by atoms with E-state index in [4.69, 9.17) is 9.52 Å². The molecule has 1 atom stereocenters. The largest absolute Gasteiger partial charge is 0.459 e. The van der Waals surface area contributed by atoms with Crippen LogP contribution in [0.3, 0.4) is 0 Å². The summed E-state index contributed by atoms with van der Waals surface area (Å²) in [6.45, 7) is 2.07. The van der Waals surface area contributed by atoms with Crippen molar-refractivity contribution in [3.05, 3.63) is 118 Å². The summed E-state index contributed by atoms with van der Waals surface area (Å²) in [5, 5.41) is 17.9. The van der Waals surface area contributed by atoms with E-state index in [1.54, 1.807) is 12.1 Å². The summed E-state index contributed by atoms with van der Waals surface area (Å²) in [6, 6.07) is 28.6. The van der Waals surface area contributed by atoms with Crippen molar-refractivity contribution in [1.82, 2.24) is 0 Å². The molecular weight excluding hydrogens is 402 g/mol. The number of hydrogen-bond acceptors (Lipinski definition) is 5. The number of hydrazone groups is 1. The first-order valence-electron chi connectivity index (χ1n) is 10.4. The Balaban J connectivity index is 1.48. The summed E-state index contributed by atoms with van der Waals surface area (Å²) in [5.74, 6) is 1.47. The number of nitro groups is 1. The first-order valence-corrected chi connectivity index (χ1v) is 10.4. The van der Waals surface area contributed by atoms with Gasteiger partial charge >= 0.3 is 0 Å². The maximum atomic E-state index is 10.9. The Kier molecular flexibility index (Phi) is 5.03. The van der Waals surface area contributed by atoms with Gasteiger partial charge in [-0.15, -0.1) is 0 Å². The zero-order chi connectivity index (χ0) is 22.1. The molecule has 1 aromatic heterocycles. The zero-order valence-electron chi connectivity index (χ0n) is 17.5. The van der Waals surface area contributed by atoms with Gasteiger partial charge in [-0.3, -0.25) is 15.1 Å². The van der Waals surface area contributed by atoms with Crippen LogP contribution in [-0.4, -0.2) is 10.6 Å². The number of benzene rings is 3. The van der Waals surface area contributed by atoms with Crippen LogP contribution >= 0.6 is 0 Å². The van der Waals surface area contributed by atoms with Crippen molar-refractivity contribution in [2.75, 3.05) is 5.01 Å². The van der Waals surface area contributed by atoms with Crippen molar-refractivity contribution in [2.45, 2.75) is 19.4 Å². The summed E-state index contributed by atoms with van der Waals surface area (Å²) >= 11 is 0. The van der Waals surface area contributed by atoms with Gasteiger partial charge in [0.15, 0.2) is 0 Å². The highest BCUT2D eigenvalue weighted by atomic mass is 16.6. The van der Waals surface area contributed by atoms with E-state index >= 15 is 0 Å². The molecule has 0 amide bonds. The average molecular weight is 423 g/mol. The lowest BCUT2D eigenvalue weighted by atomic mass is 10.0. The van der Waals surface area contributed by atoms with Gasteiger partial charge in [0.25, 0.3) is 5.69 Å². The van der Waals surface area contributed by atoms with E-state index in [1.807, 2.05) is 47.5 Å². The maximum Gasteiger partial charge on any atom is 0.269 e. The van der Waals surface area contributed by atoms with Gasteiger partial charge in [0.05, 0.1) is 16.3 Å². The monoisotopic (exact) mass is 423 g/mol. The number of anilines is 1. The van der Waals surface area contributed by atoms with Crippen molar-refractivity contribution in [2.24, 2.45) is 5.10 Å². The first kappa shape index (κ1) is 19.8. The lowest BCUT2D eigenvalue weighted by molar-refractivity contribution is -0.384. The van der Waals surface area contributed by atoms with Crippen LogP contribution in [0.4, 0.5) is 11.4 Å². The molecule has 5 rings (SSSR count). The van der Waals surface area contributed by atoms with Gasteiger partial charge in [-0.2, -0.15) is 5.10 Å². The van der Waals surface area contributed by atoms with E-state index < -0.39 is 4.92 Å². The quantitative estimate of drug-likeness (QED) is 0.271. The Bertz CT molecular complexity index is 1280. The Hall–Kier alpha value is -4.19. The lowest BCUT2D eigenvalue weighted by Crippen LogP contribution is -2.17. The van der Waals surface area contributed by atoms with Crippen molar-refractivity contribution in [3.8, 4) is 11.3 Å². The van der Waals surface area contributed by atoms with E-state index in [0.29, 0.717) is 12.2 Å². The van der Waals surface area contributed by atoms with E-state index in [1.165, 1.54) is 17.7 Å². The van der Waals surface area contributed by atoms with Gasteiger partial charge in [0.1, 0.15) is 17.6 Å². The van der Waals surface area contributed by atoms with Crippen molar-refractivity contribution in [1.29, 1.82) is 0 Å². The second-order valence-electron chi connectivity index (χ2n) is 7.82. The highest BCUT2D eigenvalue weighted by Crippen LogP contribution is 2.38. The van der Waals surface area contributed by atoms with Gasteiger partial charge in [0.2, 0.25) is 0 Å². The molecule has 1 unspecified atom stereocenters. The molecule has 1 aliphatic heterocycles. The molecule has 6 nitrogen and oxygen atoms in total. The molecule has 0 radical (unpaired) electrons. The number of aryl methyl sites for hydroxylation is 1.